The molecule has 0 unspecified atom stereocenters. The number of nitrogens with zero attached hydrogens (tertiary/aromatic N) is 1. The minimum absolute atomic E-state index is 0.0469. The van der Waals surface area contributed by atoms with E-state index in [2.05, 4.69) is 9.71 Å². The molecule has 106 valence electrons. The van der Waals surface area contributed by atoms with E-state index in [1.54, 1.807) is 0 Å². The number of halogens is 4. The molecule has 1 aromatic carbocycles. The maximum atomic E-state index is 12.2. The molecule has 2 rings (SSSR count). The van der Waals surface area contributed by atoms with Crippen molar-refractivity contribution in [2.75, 3.05) is 4.72 Å². The molecule has 0 radical (unpaired) electrons. The van der Waals surface area contributed by atoms with Crippen LogP contribution in [0.2, 0.25) is 20.2 Å². The van der Waals surface area contributed by atoms with Gasteiger partial charge in [-0.15, -0.1) is 0 Å². The lowest BCUT2D eigenvalue weighted by Gasteiger charge is -2.11. The van der Waals surface area contributed by atoms with Crippen molar-refractivity contribution in [1.82, 2.24) is 4.98 Å². The summed E-state index contributed by atoms with van der Waals surface area (Å²) in [5.74, 6) is 0. The molecule has 0 fully saturated rings. The fourth-order valence-corrected chi connectivity index (χ4v) is 3.76. The Morgan fingerprint density at radius 1 is 1.00 bits per heavy atom. The SMILES string of the molecule is O=S(=O)(Nc1c(Cl)cc(Cl)cc1Cl)c1ccnc(Cl)c1. The molecule has 20 heavy (non-hydrogen) atoms. The van der Waals surface area contributed by atoms with E-state index in [0.717, 1.165) is 0 Å². The lowest BCUT2D eigenvalue weighted by atomic mass is 10.3. The van der Waals surface area contributed by atoms with Crippen LogP contribution in [-0.4, -0.2) is 13.4 Å². The number of benzene rings is 1. The van der Waals surface area contributed by atoms with Crippen molar-refractivity contribution >= 4 is 62.1 Å². The molecule has 0 amide bonds. The number of pyridine rings is 1. The normalized spacial score (nSPS) is 11.4. The number of nitrogens with one attached hydrogen (secondary N) is 1. The highest BCUT2D eigenvalue weighted by molar-refractivity contribution is 7.92. The first-order chi connectivity index (χ1) is 9.29. The van der Waals surface area contributed by atoms with Gasteiger partial charge in [0.15, 0.2) is 0 Å². The molecule has 0 saturated heterocycles. The van der Waals surface area contributed by atoms with E-state index < -0.39 is 10.0 Å². The molecule has 0 spiro atoms. The summed E-state index contributed by atoms with van der Waals surface area (Å²) in [6.07, 6.45) is 1.28. The second-order valence-electron chi connectivity index (χ2n) is 3.66. The molecule has 0 atom stereocenters. The Morgan fingerprint density at radius 2 is 1.60 bits per heavy atom. The molecule has 4 nitrogen and oxygen atoms in total. The van der Waals surface area contributed by atoms with E-state index in [9.17, 15) is 8.42 Å². The molecule has 0 aliphatic rings. The van der Waals surface area contributed by atoms with Gasteiger partial charge in [0.2, 0.25) is 0 Å². The first kappa shape index (κ1) is 15.7. The van der Waals surface area contributed by atoms with Crippen molar-refractivity contribution in [1.29, 1.82) is 0 Å². The fourth-order valence-electron chi connectivity index (χ4n) is 1.38. The van der Waals surface area contributed by atoms with Gasteiger partial charge in [0, 0.05) is 11.2 Å². The lowest BCUT2D eigenvalue weighted by molar-refractivity contribution is 0.601. The Labute approximate surface area is 135 Å². The van der Waals surface area contributed by atoms with Crippen LogP contribution in [0.25, 0.3) is 0 Å². The molecule has 0 aliphatic heterocycles. The highest BCUT2D eigenvalue weighted by Gasteiger charge is 2.18. The van der Waals surface area contributed by atoms with Crippen molar-refractivity contribution in [3.8, 4) is 0 Å². The summed E-state index contributed by atoms with van der Waals surface area (Å²) in [6.45, 7) is 0. The first-order valence-corrected chi connectivity index (χ1v) is 8.08. The Balaban J connectivity index is 2.44. The standard InChI is InChI=1S/C11H6Cl4N2O2S/c12-6-3-8(13)11(9(14)4-6)17-20(18,19)7-1-2-16-10(15)5-7/h1-5,17H. The van der Waals surface area contributed by atoms with Crippen LogP contribution in [0.3, 0.4) is 0 Å². The summed E-state index contributed by atoms with van der Waals surface area (Å²) < 4.78 is 26.7. The Hall–Kier alpha value is -0.720. The molecule has 1 heterocycles. The zero-order chi connectivity index (χ0) is 14.9. The van der Waals surface area contributed by atoms with Crippen LogP contribution in [0.5, 0.6) is 0 Å². The molecule has 2 aromatic rings. The highest BCUT2D eigenvalue weighted by Crippen LogP contribution is 2.35. The second-order valence-corrected chi connectivity index (χ2v) is 6.98. The molecule has 9 heteroatoms. The summed E-state index contributed by atoms with van der Waals surface area (Å²) in [7, 11) is -3.88. The van der Waals surface area contributed by atoms with Gasteiger partial charge in [0.05, 0.1) is 20.6 Å². The maximum Gasteiger partial charge on any atom is 0.262 e. The van der Waals surface area contributed by atoms with Crippen molar-refractivity contribution in [2.45, 2.75) is 4.90 Å². The minimum Gasteiger partial charge on any atom is -0.277 e. The van der Waals surface area contributed by atoms with E-state index >= 15 is 0 Å². The van der Waals surface area contributed by atoms with Crippen LogP contribution >= 0.6 is 46.4 Å². The van der Waals surface area contributed by atoms with Gasteiger partial charge in [-0.3, -0.25) is 4.72 Å². The van der Waals surface area contributed by atoms with Crippen LogP contribution < -0.4 is 4.72 Å². The molecule has 0 saturated carbocycles. The number of sulfonamides is 1. The Bertz CT molecular complexity index is 742. The molecule has 1 N–H and O–H groups in total. The van der Waals surface area contributed by atoms with E-state index in [-0.39, 0.29) is 25.8 Å². The predicted octanol–water partition coefficient (Wildman–Crippen LogP) is 4.50. The van der Waals surface area contributed by atoms with Crippen molar-refractivity contribution < 1.29 is 8.42 Å². The largest absolute Gasteiger partial charge is 0.277 e. The molecule has 1 aromatic heterocycles. The topological polar surface area (TPSA) is 59.1 Å². The third kappa shape index (κ3) is 3.48. The van der Waals surface area contributed by atoms with Crippen LogP contribution in [0.15, 0.2) is 35.4 Å². The number of hydrogen-bond donors (Lipinski definition) is 1. The van der Waals surface area contributed by atoms with E-state index in [1.807, 2.05) is 0 Å². The van der Waals surface area contributed by atoms with Gasteiger partial charge in [-0.25, -0.2) is 13.4 Å². The van der Waals surface area contributed by atoms with Gasteiger partial charge in [-0.2, -0.15) is 0 Å². The predicted molar refractivity (Wildman–Crippen MR) is 81.5 cm³/mol. The third-order valence-electron chi connectivity index (χ3n) is 2.25. The Morgan fingerprint density at radius 3 is 2.15 bits per heavy atom. The average Bonchev–Trinajstić information content (AvgIpc) is 2.34. The van der Waals surface area contributed by atoms with Gasteiger partial charge < -0.3 is 0 Å². The smallest absolute Gasteiger partial charge is 0.262 e. The first-order valence-electron chi connectivity index (χ1n) is 5.08. The van der Waals surface area contributed by atoms with Gasteiger partial charge in [0.1, 0.15) is 5.15 Å². The Kier molecular flexibility index (Phi) is 4.66. The van der Waals surface area contributed by atoms with E-state index in [0.29, 0.717) is 5.02 Å². The zero-order valence-corrected chi connectivity index (χ0v) is 13.4. The van der Waals surface area contributed by atoms with Gasteiger partial charge in [0.25, 0.3) is 10.0 Å². The minimum atomic E-state index is -3.88. The van der Waals surface area contributed by atoms with E-state index in [1.165, 1.54) is 30.5 Å². The van der Waals surface area contributed by atoms with Crippen molar-refractivity contribution in [2.24, 2.45) is 0 Å². The van der Waals surface area contributed by atoms with Crippen LogP contribution in [0.1, 0.15) is 0 Å². The quantitative estimate of drug-likeness (QED) is 0.808. The van der Waals surface area contributed by atoms with Gasteiger partial charge in [-0.05, 0) is 24.3 Å². The summed E-state index contributed by atoms with van der Waals surface area (Å²) >= 11 is 23.3. The van der Waals surface area contributed by atoms with Gasteiger partial charge >= 0.3 is 0 Å². The fraction of sp³-hybridized carbons (Fsp3) is 0. The van der Waals surface area contributed by atoms with E-state index in [4.69, 9.17) is 46.4 Å². The third-order valence-corrected chi connectivity index (χ3v) is 4.62. The second kappa shape index (κ2) is 5.95. The van der Waals surface area contributed by atoms with Crippen LogP contribution in [-0.2, 0) is 10.0 Å². The number of rotatable bonds is 3. The molecular weight excluding hydrogens is 366 g/mol. The summed E-state index contributed by atoms with van der Waals surface area (Å²) in [5.41, 5.74) is 0.0469. The average molecular weight is 372 g/mol. The summed E-state index contributed by atoms with van der Waals surface area (Å²) in [4.78, 5) is 3.65. The van der Waals surface area contributed by atoms with Crippen LogP contribution in [0.4, 0.5) is 5.69 Å². The number of aromatic nitrogens is 1. The number of hydrogen-bond acceptors (Lipinski definition) is 3. The highest BCUT2D eigenvalue weighted by atomic mass is 35.5. The molecule has 0 aliphatic carbocycles. The summed E-state index contributed by atoms with van der Waals surface area (Å²) in [5, 5.41) is 0.536. The molecular formula is C11H6Cl4N2O2S. The summed E-state index contributed by atoms with van der Waals surface area (Å²) in [6, 6.07) is 5.27. The van der Waals surface area contributed by atoms with Crippen LogP contribution in [0, 0.1) is 0 Å². The molecule has 0 bridgehead atoms. The monoisotopic (exact) mass is 370 g/mol. The van der Waals surface area contributed by atoms with Crippen molar-refractivity contribution in [3.05, 3.63) is 50.7 Å². The van der Waals surface area contributed by atoms with Gasteiger partial charge in [-0.1, -0.05) is 46.4 Å². The van der Waals surface area contributed by atoms with Crippen molar-refractivity contribution in [3.63, 3.8) is 0 Å². The lowest BCUT2D eigenvalue weighted by Crippen LogP contribution is -2.13. The number of anilines is 1. The zero-order valence-electron chi connectivity index (χ0n) is 9.57. The maximum absolute atomic E-state index is 12.2.